The molecule has 0 radical (unpaired) electrons. The molecule has 5 heteroatoms. The molecule has 1 saturated carbocycles. The van der Waals surface area contributed by atoms with E-state index in [0.29, 0.717) is 16.6 Å². The number of nitrogens with one attached hydrogen (secondary N) is 2. The van der Waals surface area contributed by atoms with Crippen LogP contribution < -0.4 is 10.8 Å². The van der Waals surface area contributed by atoms with Crippen LogP contribution in [0.25, 0.3) is 0 Å². The summed E-state index contributed by atoms with van der Waals surface area (Å²) in [7, 11) is 0. The predicted octanol–water partition coefficient (Wildman–Crippen LogP) is 2.14. The van der Waals surface area contributed by atoms with Crippen molar-refractivity contribution in [3.8, 4) is 0 Å². The van der Waals surface area contributed by atoms with Gasteiger partial charge in [-0.15, -0.1) is 0 Å². The van der Waals surface area contributed by atoms with Crippen molar-refractivity contribution in [2.75, 3.05) is 5.48 Å². The van der Waals surface area contributed by atoms with Crippen LogP contribution in [0.3, 0.4) is 0 Å². The standard InChI is InChI=1S/C10H10ClN2O2/c11-8-4-1-6(5-9(8)13-15)10(14)12-7-2-3-7/h1,4-5,7,13H,2-3H2,(H,12,14)/q-1. The molecule has 0 spiro atoms. The Labute approximate surface area is 92.2 Å². The SMILES string of the molecule is O=C(NC1CC1)c1ccc(Cl)c(N[O-])c1. The Morgan fingerprint density at radius 2 is 2.20 bits per heavy atom. The first-order chi connectivity index (χ1) is 7.20. The zero-order valence-electron chi connectivity index (χ0n) is 7.92. The van der Waals surface area contributed by atoms with E-state index in [2.05, 4.69) is 5.32 Å². The topological polar surface area (TPSA) is 64.2 Å². The molecule has 1 fully saturated rings. The number of carbonyl (C=O) groups excluding carboxylic acids is 1. The molecular formula is C10H10ClN2O2-. The number of anilines is 1. The maximum absolute atomic E-state index is 11.6. The van der Waals surface area contributed by atoms with Crippen molar-refractivity contribution in [1.82, 2.24) is 5.32 Å². The molecule has 4 nitrogen and oxygen atoms in total. The Morgan fingerprint density at radius 1 is 1.47 bits per heavy atom. The fraction of sp³-hybridized carbons (Fsp3) is 0.300. The molecule has 0 bridgehead atoms. The second kappa shape index (κ2) is 4.08. The molecule has 1 amide bonds. The summed E-state index contributed by atoms with van der Waals surface area (Å²) in [6.45, 7) is 0. The Bertz CT molecular complexity index is 391. The van der Waals surface area contributed by atoms with Crippen LogP contribution in [0, 0.1) is 5.21 Å². The summed E-state index contributed by atoms with van der Waals surface area (Å²) >= 11 is 5.72. The molecule has 0 aliphatic heterocycles. The van der Waals surface area contributed by atoms with Crippen molar-refractivity contribution in [3.63, 3.8) is 0 Å². The first-order valence-corrected chi connectivity index (χ1v) is 5.07. The maximum atomic E-state index is 11.6. The van der Waals surface area contributed by atoms with Crippen LogP contribution >= 0.6 is 11.6 Å². The van der Waals surface area contributed by atoms with Crippen LogP contribution in [-0.2, 0) is 0 Å². The third-order valence-electron chi connectivity index (χ3n) is 2.25. The summed E-state index contributed by atoms with van der Waals surface area (Å²) in [6, 6.07) is 4.88. The quantitative estimate of drug-likeness (QED) is 0.775. The van der Waals surface area contributed by atoms with Gasteiger partial charge in [0.2, 0.25) is 0 Å². The van der Waals surface area contributed by atoms with Crippen molar-refractivity contribution >= 4 is 23.2 Å². The normalized spacial score (nSPS) is 14.8. The molecular weight excluding hydrogens is 216 g/mol. The van der Waals surface area contributed by atoms with E-state index in [1.54, 1.807) is 11.5 Å². The molecule has 0 atom stereocenters. The van der Waals surface area contributed by atoms with Crippen LogP contribution in [0.2, 0.25) is 5.02 Å². The lowest BCUT2D eigenvalue weighted by Crippen LogP contribution is -2.25. The molecule has 80 valence electrons. The van der Waals surface area contributed by atoms with E-state index >= 15 is 0 Å². The van der Waals surface area contributed by atoms with Gasteiger partial charge in [0.25, 0.3) is 5.91 Å². The molecule has 1 aliphatic rings. The minimum absolute atomic E-state index is 0.161. The fourth-order valence-electron chi connectivity index (χ4n) is 1.24. The van der Waals surface area contributed by atoms with Gasteiger partial charge in [-0.05, 0) is 31.0 Å². The Balaban J connectivity index is 2.16. The molecule has 0 saturated heterocycles. The van der Waals surface area contributed by atoms with Crippen molar-refractivity contribution in [1.29, 1.82) is 0 Å². The Morgan fingerprint density at radius 3 is 2.80 bits per heavy atom. The molecule has 15 heavy (non-hydrogen) atoms. The van der Waals surface area contributed by atoms with Crippen molar-refractivity contribution in [2.45, 2.75) is 18.9 Å². The predicted molar refractivity (Wildman–Crippen MR) is 58.9 cm³/mol. The lowest BCUT2D eigenvalue weighted by molar-refractivity contribution is 0.0951. The second-order valence-electron chi connectivity index (χ2n) is 3.54. The minimum Gasteiger partial charge on any atom is -0.761 e. The van der Waals surface area contributed by atoms with Crippen LogP contribution in [-0.4, -0.2) is 11.9 Å². The van der Waals surface area contributed by atoms with Gasteiger partial charge >= 0.3 is 0 Å². The van der Waals surface area contributed by atoms with Gasteiger partial charge in [-0.1, -0.05) is 11.6 Å². The van der Waals surface area contributed by atoms with E-state index in [-0.39, 0.29) is 11.6 Å². The molecule has 1 aromatic carbocycles. The van der Waals surface area contributed by atoms with E-state index in [1.165, 1.54) is 12.1 Å². The summed E-state index contributed by atoms with van der Waals surface area (Å²) in [5, 5.41) is 13.6. The fourth-order valence-corrected chi connectivity index (χ4v) is 1.40. The van der Waals surface area contributed by atoms with Crippen LogP contribution in [0.5, 0.6) is 0 Å². The first-order valence-electron chi connectivity index (χ1n) is 4.69. The average Bonchev–Trinajstić information content (AvgIpc) is 3.02. The highest BCUT2D eigenvalue weighted by molar-refractivity contribution is 6.33. The van der Waals surface area contributed by atoms with E-state index in [1.807, 2.05) is 0 Å². The van der Waals surface area contributed by atoms with Crippen molar-refractivity contribution in [2.24, 2.45) is 0 Å². The van der Waals surface area contributed by atoms with E-state index in [0.717, 1.165) is 12.8 Å². The van der Waals surface area contributed by atoms with Gasteiger partial charge < -0.3 is 16.0 Å². The largest absolute Gasteiger partial charge is 0.761 e. The molecule has 2 N–H and O–H groups in total. The molecule has 1 aliphatic carbocycles. The summed E-state index contributed by atoms with van der Waals surface area (Å²) < 4.78 is 0. The second-order valence-corrected chi connectivity index (χ2v) is 3.95. The minimum atomic E-state index is -0.161. The Kier molecular flexibility index (Phi) is 2.79. The zero-order chi connectivity index (χ0) is 10.8. The summed E-state index contributed by atoms with van der Waals surface area (Å²) in [6.07, 6.45) is 2.07. The molecule has 1 aromatic rings. The van der Waals surface area contributed by atoms with E-state index in [9.17, 15) is 10.0 Å². The molecule has 0 aromatic heterocycles. The van der Waals surface area contributed by atoms with Crippen LogP contribution in [0.15, 0.2) is 18.2 Å². The molecule has 2 rings (SSSR count). The van der Waals surface area contributed by atoms with Gasteiger partial charge in [-0.25, -0.2) is 0 Å². The van der Waals surface area contributed by atoms with E-state index < -0.39 is 0 Å². The number of hydrogen-bond donors (Lipinski definition) is 2. The maximum Gasteiger partial charge on any atom is 0.251 e. The molecule has 0 heterocycles. The average molecular weight is 226 g/mol. The summed E-state index contributed by atoms with van der Waals surface area (Å²) in [5.74, 6) is -0.161. The highest BCUT2D eigenvalue weighted by atomic mass is 35.5. The summed E-state index contributed by atoms with van der Waals surface area (Å²) in [4.78, 5) is 11.6. The van der Waals surface area contributed by atoms with Crippen molar-refractivity contribution < 1.29 is 4.79 Å². The van der Waals surface area contributed by atoms with Gasteiger partial charge in [0.1, 0.15) is 0 Å². The number of benzene rings is 1. The van der Waals surface area contributed by atoms with E-state index in [4.69, 9.17) is 11.6 Å². The smallest absolute Gasteiger partial charge is 0.251 e. The first kappa shape index (κ1) is 10.3. The van der Waals surface area contributed by atoms with Gasteiger partial charge in [0.15, 0.2) is 0 Å². The van der Waals surface area contributed by atoms with Gasteiger partial charge in [0, 0.05) is 17.3 Å². The number of hydrogen-bond acceptors (Lipinski definition) is 3. The van der Waals surface area contributed by atoms with Crippen molar-refractivity contribution in [3.05, 3.63) is 34.0 Å². The van der Waals surface area contributed by atoms with Crippen LogP contribution in [0.1, 0.15) is 23.2 Å². The number of halogens is 1. The zero-order valence-corrected chi connectivity index (χ0v) is 8.67. The number of carbonyl (C=O) groups is 1. The third kappa shape index (κ3) is 2.40. The lowest BCUT2D eigenvalue weighted by atomic mass is 10.2. The van der Waals surface area contributed by atoms with Gasteiger partial charge in [0.05, 0.1) is 5.02 Å². The molecule has 0 unspecified atom stereocenters. The number of rotatable bonds is 3. The van der Waals surface area contributed by atoms with Gasteiger partial charge in [-0.2, -0.15) is 0 Å². The monoisotopic (exact) mass is 225 g/mol. The lowest BCUT2D eigenvalue weighted by Gasteiger charge is -2.12. The van der Waals surface area contributed by atoms with Crippen LogP contribution in [0.4, 0.5) is 5.69 Å². The Hall–Kier alpha value is -1.26. The number of amides is 1. The highest BCUT2D eigenvalue weighted by Crippen LogP contribution is 2.24. The third-order valence-corrected chi connectivity index (χ3v) is 2.58. The summed E-state index contributed by atoms with van der Waals surface area (Å²) in [5.41, 5.74) is 2.37. The van der Waals surface area contributed by atoms with Gasteiger partial charge in [-0.3, -0.25) is 4.79 Å². The highest BCUT2D eigenvalue weighted by Gasteiger charge is 2.23.